The molecule has 0 radical (unpaired) electrons. The second-order valence-electron chi connectivity index (χ2n) is 6.54. The van der Waals surface area contributed by atoms with Crippen LogP contribution in [-0.2, 0) is 6.42 Å². The van der Waals surface area contributed by atoms with Gasteiger partial charge >= 0.3 is 0 Å². The molecule has 0 aliphatic carbocycles. The number of thiophene rings is 1. The van der Waals surface area contributed by atoms with E-state index in [1.54, 1.807) is 16.2 Å². The van der Waals surface area contributed by atoms with Gasteiger partial charge in [0.15, 0.2) is 0 Å². The molecule has 0 spiro atoms. The summed E-state index contributed by atoms with van der Waals surface area (Å²) in [4.78, 5) is 37.3. The first-order chi connectivity index (χ1) is 13.6. The van der Waals surface area contributed by atoms with E-state index < -0.39 is 4.92 Å². The van der Waals surface area contributed by atoms with Gasteiger partial charge in [-0.05, 0) is 23.6 Å². The van der Waals surface area contributed by atoms with Crippen LogP contribution in [0.1, 0.15) is 23.1 Å². The van der Waals surface area contributed by atoms with E-state index in [0.717, 1.165) is 28.3 Å². The number of carbonyl (C=O) groups is 1. The number of nitrogens with zero attached hydrogens (tertiary/aromatic N) is 5. The van der Waals surface area contributed by atoms with Crippen molar-refractivity contribution in [2.24, 2.45) is 0 Å². The van der Waals surface area contributed by atoms with Crippen LogP contribution in [0.25, 0.3) is 10.2 Å². The molecule has 1 amide bonds. The highest BCUT2D eigenvalue weighted by Crippen LogP contribution is 2.29. The lowest BCUT2D eigenvalue weighted by atomic mass is 10.1. The molecule has 1 aliphatic heterocycles. The monoisotopic (exact) mass is 397 g/mol. The molecule has 0 N–H and O–H groups in total. The van der Waals surface area contributed by atoms with Gasteiger partial charge in [0.2, 0.25) is 0 Å². The molecule has 2 aromatic heterocycles. The third-order valence-corrected chi connectivity index (χ3v) is 5.67. The van der Waals surface area contributed by atoms with Crippen molar-refractivity contribution in [3.63, 3.8) is 0 Å². The van der Waals surface area contributed by atoms with E-state index in [4.69, 9.17) is 4.98 Å². The van der Waals surface area contributed by atoms with Gasteiger partial charge in [-0.25, -0.2) is 9.97 Å². The first-order valence-electron chi connectivity index (χ1n) is 9.09. The standard InChI is InChI=1S/C19H19N5O3S/c1-2-16-20-17(15-7-12-28-18(15)21-16)22-8-10-23(11-9-22)19(25)13-3-5-14(6-4-13)24(26)27/h3-7,12H,2,8-11H2,1H3. The first kappa shape index (κ1) is 18.3. The summed E-state index contributed by atoms with van der Waals surface area (Å²) in [6, 6.07) is 7.80. The molecule has 8 nitrogen and oxygen atoms in total. The van der Waals surface area contributed by atoms with Gasteiger partial charge in [0, 0.05) is 50.3 Å². The lowest BCUT2D eigenvalue weighted by Crippen LogP contribution is -2.49. The second-order valence-corrected chi connectivity index (χ2v) is 7.43. The maximum atomic E-state index is 12.7. The maximum Gasteiger partial charge on any atom is 0.269 e. The van der Waals surface area contributed by atoms with E-state index in [2.05, 4.69) is 9.88 Å². The first-order valence-corrected chi connectivity index (χ1v) is 9.97. The molecule has 3 aromatic rings. The zero-order valence-electron chi connectivity index (χ0n) is 15.4. The van der Waals surface area contributed by atoms with Crippen LogP contribution in [0.5, 0.6) is 0 Å². The Hall–Kier alpha value is -3.07. The molecule has 4 rings (SSSR count). The van der Waals surface area contributed by atoms with Crippen molar-refractivity contribution in [3.8, 4) is 0 Å². The summed E-state index contributed by atoms with van der Waals surface area (Å²) >= 11 is 1.61. The minimum Gasteiger partial charge on any atom is -0.352 e. The van der Waals surface area contributed by atoms with Crippen LogP contribution >= 0.6 is 11.3 Å². The van der Waals surface area contributed by atoms with E-state index in [9.17, 15) is 14.9 Å². The zero-order chi connectivity index (χ0) is 19.7. The number of piperazine rings is 1. The number of fused-ring (bicyclic) bond motifs is 1. The summed E-state index contributed by atoms with van der Waals surface area (Å²) in [5.74, 6) is 1.66. The number of hydrogen-bond acceptors (Lipinski definition) is 7. The number of aromatic nitrogens is 2. The smallest absolute Gasteiger partial charge is 0.269 e. The molecule has 3 heterocycles. The lowest BCUT2D eigenvalue weighted by molar-refractivity contribution is -0.384. The predicted octanol–water partition coefficient (Wildman–Crippen LogP) is 3.12. The third-order valence-electron chi connectivity index (χ3n) is 4.86. The molecule has 1 saturated heterocycles. The summed E-state index contributed by atoms with van der Waals surface area (Å²) in [6.07, 6.45) is 0.777. The van der Waals surface area contributed by atoms with Gasteiger partial charge in [0.25, 0.3) is 11.6 Å². The Morgan fingerprint density at radius 2 is 1.86 bits per heavy atom. The Morgan fingerprint density at radius 3 is 2.50 bits per heavy atom. The molecule has 28 heavy (non-hydrogen) atoms. The minimum atomic E-state index is -0.468. The Labute approximate surface area is 165 Å². The molecule has 1 aliphatic rings. The van der Waals surface area contributed by atoms with Crippen LogP contribution in [0.15, 0.2) is 35.7 Å². The molecule has 144 valence electrons. The number of hydrogen-bond donors (Lipinski definition) is 0. The molecular formula is C19H19N5O3S. The normalized spacial score (nSPS) is 14.5. The number of amides is 1. The molecule has 1 fully saturated rings. The van der Waals surface area contributed by atoms with Crippen LogP contribution in [-0.4, -0.2) is 51.9 Å². The summed E-state index contributed by atoms with van der Waals surface area (Å²) in [6.45, 7) is 4.56. The number of carbonyl (C=O) groups excluding carboxylic acids is 1. The molecule has 0 atom stereocenters. The van der Waals surface area contributed by atoms with Gasteiger partial charge in [-0.3, -0.25) is 14.9 Å². The lowest BCUT2D eigenvalue weighted by Gasteiger charge is -2.35. The fraction of sp³-hybridized carbons (Fsp3) is 0.316. The highest BCUT2D eigenvalue weighted by atomic mass is 32.1. The van der Waals surface area contributed by atoms with E-state index in [1.165, 1.54) is 24.3 Å². The van der Waals surface area contributed by atoms with Crippen LogP contribution in [0.3, 0.4) is 0 Å². The van der Waals surface area contributed by atoms with Crippen LogP contribution in [0, 0.1) is 10.1 Å². The summed E-state index contributed by atoms with van der Waals surface area (Å²) in [7, 11) is 0. The fourth-order valence-electron chi connectivity index (χ4n) is 3.31. The van der Waals surface area contributed by atoms with Gasteiger partial charge in [-0.1, -0.05) is 6.92 Å². The molecule has 1 aromatic carbocycles. The molecule has 0 unspecified atom stereocenters. The third kappa shape index (κ3) is 3.40. The number of benzene rings is 1. The van der Waals surface area contributed by atoms with Gasteiger partial charge < -0.3 is 9.80 Å². The summed E-state index contributed by atoms with van der Waals surface area (Å²) < 4.78 is 0. The number of anilines is 1. The highest BCUT2D eigenvalue weighted by Gasteiger charge is 2.25. The van der Waals surface area contributed by atoms with Crippen LogP contribution in [0.2, 0.25) is 0 Å². The number of nitro benzene ring substituents is 1. The Morgan fingerprint density at radius 1 is 1.14 bits per heavy atom. The van der Waals surface area contributed by atoms with Gasteiger partial charge in [0.05, 0.1) is 10.3 Å². The SMILES string of the molecule is CCc1nc(N2CCN(C(=O)c3ccc([N+](=O)[O-])cc3)CC2)c2ccsc2n1. The van der Waals surface area contributed by atoms with E-state index in [0.29, 0.717) is 31.7 Å². The van der Waals surface area contributed by atoms with Crippen molar-refractivity contribution < 1.29 is 9.72 Å². The van der Waals surface area contributed by atoms with E-state index >= 15 is 0 Å². The van der Waals surface area contributed by atoms with Crippen molar-refractivity contribution in [3.05, 3.63) is 57.2 Å². The number of non-ortho nitro benzene ring substituents is 1. The Bertz CT molecular complexity index is 1030. The van der Waals surface area contributed by atoms with E-state index in [1.807, 2.05) is 18.4 Å². The van der Waals surface area contributed by atoms with Crippen molar-refractivity contribution in [1.29, 1.82) is 0 Å². The Balaban J connectivity index is 1.48. The van der Waals surface area contributed by atoms with Gasteiger partial charge in [-0.15, -0.1) is 11.3 Å². The molecule has 0 bridgehead atoms. The summed E-state index contributed by atoms with van der Waals surface area (Å²) in [5.41, 5.74) is 0.450. The van der Waals surface area contributed by atoms with Crippen molar-refractivity contribution in [2.75, 3.05) is 31.1 Å². The molecular weight excluding hydrogens is 378 g/mol. The molecule has 0 saturated carbocycles. The van der Waals surface area contributed by atoms with Crippen LogP contribution < -0.4 is 4.90 Å². The van der Waals surface area contributed by atoms with Crippen molar-refractivity contribution in [1.82, 2.24) is 14.9 Å². The quantitative estimate of drug-likeness (QED) is 0.496. The Kier molecular flexibility index (Phi) is 4.91. The van der Waals surface area contributed by atoms with Crippen molar-refractivity contribution in [2.45, 2.75) is 13.3 Å². The topological polar surface area (TPSA) is 92.5 Å². The highest BCUT2D eigenvalue weighted by molar-refractivity contribution is 7.16. The van der Waals surface area contributed by atoms with Crippen molar-refractivity contribution >= 4 is 39.0 Å². The number of aryl methyl sites for hydroxylation is 1. The predicted molar refractivity (Wildman–Crippen MR) is 108 cm³/mol. The second kappa shape index (κ2) is 7.51. The average molecular weight is 397 g/mol. The van der Waals surface area contributed by atoms with Crippen LogP contribution in [0.4, 0.5) is 11.5 Å². The van der Waals surface area contributed by atoms with Gasteiger partial charge in [0.1, 0.15) is 16.5 Å². The average Bonchev–Trinajstić information content (AvgIpc) is 3.21. The maximum absolute atomic E-state index is 12.7. The summed E-state index contributed by atoms with van der Waals surface area (Å²) in [5, 5.41) is 13.8. The van der Waals surface area contributed by atoms with Gasteiger partial charge in [-0.2, -0.15) is 0 Å². The zero-order valence-corrected chi connectivity index (χ0v) is 16.2. The van der Waals surface area contributed by atoms with E-state index in [-0.39, 0.29) is 11.6 Å². The fourth-order valence-corrected chi connectivity index (χ4v) is 4.09. The largest absolute Gasteiger partial charge is 0.352 e. The minimum absolute atomic E-state index is 0.0170. The number of nitro groups is 1. The number of rotatable bonds is 4. The molecule has 9 heteroatoms.